The fourth-order valence-electron chi connectivity index (χ4n) is 3.01. The molecular formula is C16H20N2O3. The zero-order valence-electron chi connectivity index (χ0n) is 12.4. The molecule has 0 radical (unpaired) electrons. The van der Waals surface area contributed by atoms with Crippen molar-refractivity contribution in [2.75, 3.05) is 7.11 Å². The Morgan fingerprint density at radius 3 is 2.71 bits per heavy atom. The Kier molecular flexibility index (Phi) is 3.68. The van der Waals surface area contributed by atoms with Gasteiger partial charge in [-0.2, -0.15) is 4.98 Å². The standard InChI is InChI=1S/C16H20N2O3/c1-11-12(7-6-8-13(11)19)14-17-15(18-21-14)16(20-2)9-4-3-5-10-16/h6-8,19H,3-5,9-10H2,1-2H3. The predicted octanol–water partition coefficient (Wildman–Crippen LogP) is 3.56. The summed E-state index contributed by atoms with van der Waals surface area (Å²) in [6.45, 7) is 1.83. The van der Waals surface area contributed by atoms with Gasteiger partial charge < -0.3 is 14.4 Å². The molecule has 0 spiro atoms. The molecular weight excluding hydrogens is 268 g/mol. The smallest absolute Gasteiger partial charge is 0.258 e. The summed E-state index contributed by atoms with van der Waals surface area (Å²) in [6.07, 6.45) is 5.29. The summed E-state index contributed by atoms with van der Waals surface area (Å²) >= 11 is 0. The highest BCUT2D eigenvalue weighted by molar-refractivity contribution is 5.61. The molecule has 1 aromatic carbocycles. The maximum atomic E-state index is 9.80. The van der Waals surface area contributed by atoms with E-state index in [1.165, 1.54) is 6.42 Å². The van der Waals surface area contributed by atoms with Crippen LogP contribution >= 0.6 is 0 Å². The van der Waals surface area contributed by atoms with Gasteiger partial charge in [-0.1, -0.05) is 30.5 Å². The molecule has 3 rings (SSSR count). The first-order valence-corrected chi connectivity index (χ1v) is 7.34. The van der Waals surface area contributed by atoms with Crippen LogP contribution in [0.3, 0.4) is 0 Å². The number of nitrogens with zero attached hydrogens (tertiary/aromatic N) is 2. The van der Waals surface area contributed by atoms with Crippen LogP contribution in [0.1, 0.15) is 43.5 Å². The number of phenolic OH excluding ortho intramolecular Hbond substituents is 1. The van der Waals surface area contributed by atoms with E-state index in [1.807, 2.05) is 13.0 Å². The summed E-state index contributed by atoms with van der Waals surface area (Å²) in [7, 11) is 1.71. The Hall–Kier alpha value is -1.88. The average molecular weight is 288 g/mol. The number of ether oxygens (including phenoxy) is 1. The largest absolute Gasteiger partial charge is 0.508 e. The Bertz CT molecular complexity index is 630. The SMILES string of the molecule is COC1(c2noc(-c3cccc(O)c3C)n2)CCCCC1. The summed E-state index contributed by atoms with van der Waals surface area (Å²) in [6, 6.07) is 5.29. The Labute approximate surface area is 123 Å². The van der Waals surface area contributed by atoms with E-state index < -0.39 is 5.60 Å². The van der Waals surface area contributed by atoms with Crippen molar-refractivity contribution in [3.63, 3.8) is 0 Å². The third kappa shape index (κ3) is 2.42. The molecule has 0 saturated heterocycles. The van der Waals surface area contributed by atoms with E-state index in [4.69, 9.17) is 9.26 Å². The molecule has 1 fully saturated rings. The van der Waals surface area contributed by atoms with Crippen molar-refractivity contribution in [1.82, 2.24) is 10.1 Å². The van der Waals surface area contributed by atoms with Gasteiger partial charge in [0.1, 0.15) is 11.4 Å². The molecule has 0 atom stereocenters. The molecule has 1 saturated carbocycles. The molecule has 0 amide bonds. The zero-order chi connectivity index (χ0) is 14.9. The van der Waals surface area contributed by atoms with E-state index in [2.05, 4.69) is 10.1 Å². The van der Waals surface area contributed by atoms with Gasteiger partial charge in [-0.25, -0.2) is 0 Å². The number of hydrogen-bond donors (Lipinski definition) is 1. The van der Waals surface area contributed by atoms with E-state index in [0.29, 0.717) is 11.7 Å². The maximum absolute atomic E-state index is 9.80. The molecule has 5 nitrogen and oxygen atoms in total. The van der Waals surface area contributed by atoms with E-state index in [0.717, 1.165) is 36.8 Å². The lowest BCUT2D eigenvalue weighted by molar-refractivity contribution is -0.0527. The number of phenols is 1. The van der Waals surface area contributed by atoms with Gasteiger partial charge in [0, 0.05) is 18.2 Å². The van der Waals surface area contributed by atoms with Gasteiger partial charge >= 0.3 is 0 Å². The molecule has 112 valence electrons. The van der Waals surface area contributed by atoms with Gasteiger partial charge in [0.2, 0.25) is 5.82 Å². The molecule has 1 aliphatic rings. The highest BCUT2D eigenvalue weighted by atomic mass is 16.5. The van der Waals surface area contributed by atoms with E-state index in [-0.39, 0.29) is 5.75 Å². The molecule has 1 aliphatic carbocycles. The lowest BCUT2D eigenvalue weighted by Crippen LogP contribution is -2.32. The molecule has 5 heteroatoms. The zero-order valence-corrected chi connectivity index (χ0v) is 12.4. The number of aromatic hydroxyl groups is 1. The number of methoxy groups -OCH3 is 1. The van der Waals surface area contributed by atoms with Gasteiger partial charge in [0.05, 0.1) is 0 Å². The maximum Gasteiger partial charge on any atom is 0.258 e. The monoisotopic (exact) mass is 288 g/mol. The highest BCUT2D eigenvalue weighted by Crippen LogP contribution is 2.39. The number of rotatable bonds is 3. The minimum atomic E-state index is -0.426. The summed E-state index contributed by atoms with van der Waals surface area (Å²) in [5.74, 6) is 1.27. The third-order valence-electron chi connectivity index (χ3n) is 4.42. The minimum absolute atomic E-state index is 0.228. The van der Waals surface area contributed by atoms with Crippen LogP contribution in [0.5, 0.6) is 5.75 Å². The predicted molar refractivity (Wildman–Crippen MR) is 77.9 cm³/mol. The van der Waals surface area contributed by atoms with Crippen LogP contribution in [-0.2, 0) is 10.3 Å². The second-order valence-corrected chi connectivity index (χ2v) is 5.63. The normalized spacial score (nSPS) is 17.8. The molecule has 0 unspecified atom stereocenters. The first-order valence-electron chi connectivity index (χ1n) is 7.34. The van der Waals surface area contributed by atoms with Gasteiger partial charge in [-0.15, -0.1) is 0 Å². The number of benzene rings is 1. The third-order valence-corrected chi connectivity index (χ3v) is 4.42. The van der Waals surface area contributed by atoms with Crippen molar-refractivity contribution >= 4 is 0 Å². The van der Waals surface area contributed by atoms with Crippen LogP contribution in [0.4, 0.5) is 0 Å². The number of hydrogen-bond acceptors (Lipinski definition) is 5. The van der Waals surface area contributed by atoms with Crippen molar-refractivity contribution < 1.29 is 14.4 Å². The highest BCUT2D eigenvalue weighted by Gasteiger charge is 2.38. The van der Waals surface area contributed by atoms with Gasteiger partial charge in [-0.3, -0.25) is 0 Å². The van der Waals surface area contributed by atoms with Crippen LogP contribution in [-0.4, -0.2) is 22.4 Å². The van der Waals surface area contributed by atoms with Crippen LogP contribution < -0.4 is 0 Å². The van der Waals surface area contributed by atoms with Crippen molar-refractivity contribution in [3.05, 3.63) is 29.6 Å². The average Bonchev–Trinajstić information content (AvgIpc) is 3.01. The molecule has 2 aromatic rings. The Morgan fingerprint density at radius 2 is 2.00 bits per heavy atom. The van der Waals surface area contributed by atoms with E-state index in [1.54, 1.807) is 19.2 Å². The lowest BCUT2D eigenvalue weighted by atomic mass is 9.84. The molecule has 0 bridgehead atoms. The summed E-state index contributed by atoms with van der Waals surface area (Å²) in [5.41, 5.74) is 1.07. The van der Waals surface area contributed by atoms with Crippen LogP contribution in [0.2, 0.25) is 0 Å². The fourth-order valence-corrected chi connectivity index (χ4v) is 3.01. The fraction of sp³-hybridized carbons (Fsp3) is 0.500. The second-order valence-electron chi connectivity index (χ2n) is 5.63. The minimum Gasteiger partial charge on any atom is -0.508 e. The van der Waals surface area contributed by atoms with E-state index in [9.17, 15) is 5.11 Å². The summed E-state index contributed by atoms with van der Waals surface area (Å²) in [4.78, 5) is 4.54. The van der Waals surface area contributed by atoms with Crippen LogP contribution in [0.25, 0.3) is 11.5 Å². The Balaban J connectivity index is 1.98. The van der Waals surface area contributed by atoms with Crippen LogP contribution in [0, 0.1) is 6.92 Å². The van der Waals surface area contributed by atoms with Crippen molar-refractivity contribution in [2.24, 2.45) is 0 Å². The first kappa shape index (κ1) is 14.1. The van der Waals surface area contributed by atoms with Gasteiger partial charge in [0.15, 0.2) is 0 Å². The molecule has 1 N–H and O–H groups in total. The summed E-state index contributed by atoms with van der Waals surface area (Å²) < 4.78 is 11.1. The second kappa shape index (κ2) is 5.48. The van der Waals surface area contributed by atoms with Crippen molar-refractivity contribution in [3.8, 4) is 17.2 Å². The van der Waals surface area contributed by atoms with Crippen molar-refractivity contribution in [2.45, 2.75) is 44.6 Å². The van der Waals surface area contributed by atoms with Crippen molar-refractivity contribution in [1.29, 1.82) is 0 Å². The number of aromatic nitrogens is 2. The van der Waals surface area contributed by atoms with E-state index >= 15 is 0 Å². The van der Waals surface area contributed by atoms with Crippen LogP contribution in [0.15, 0.2) is 22.7 Å². The quantitative estimate of drug-likeness (QED) is 0.935. The molecule has 1 aromatic heterocycles. The summed E-state index contributed by atoms with van der Waals surface area (Å²) in [5, 5.41) is 13.9. The van der Waals surface area contributed by atoms with Gasteiger partial charge in [-0.05, 0) is 31.9 Å². The topological polar surface area (TPSA) is 68.4 Å². The first-order chi connectivity index (χ1) is 10.2. The lowest BCUT2D eigenvalue weighted by Gasteiger charge is -2.32. The molecule has 21 heavy (non-hydrogen) atoms. The molecule has 0 aliphatic heterocycles. The molecule has 1 heterocycles. The Morgan fingerprint density at radius 1 is 1.24 bits per heavy atom. The van der Waals surface area contributed by atoms with Gasteiger partial charge in [0.25, 0.3) is 5.89 Å².